The van der Waals surface area contributed by atoms with Gasteiger partial charge >= 0.3 is 0 Å². The minimum absolute atomic E-state index is 0.0255. The van der Waals surface area contributed by atoms with E-state index >= 15 is 4.79 Å². The largest absolute Gasteiger partial charge is 0.497 e. The van der Waals surface area contributed by atoms with E-state index in [9.17, 15) is 9.90 Å². The Morgan fingerprint density at radius 3 is 2.36 bits per heavy atom. The summed E-state index contributed by atoms with van der Waals surface area (Å²) in [5.41, 5.74) is 4.13. The number of hydrogen-bond donors (Lipinski definition) is 1. The predicted molar refractivity (Wildman–Crippen MR) is 187 cm³/mol. The molecular weight excluding hydrogens is 605 g/mol. The normalized spacial score (nSPS) is 23.7. The van der Waals surface area contributed by atoms with E-state index in [1.165, 1.54) is 5.19 Å². The van der Waals surface area contributed by atoms with Crippen LogP contribution in [0.4, 0.5) is 17.1 Å². The van der Waals surface area contributed by atoms with Crippen molar-refractivity contribution in [3.63, 3.8) is 0 Å². The Hall–Kier alpha value is -4.24. The minimum atomic E-state index is -2.32. The number of carbonyl (C=O) groups is 2. The molecule has 0 radical (unpaired) electrons. The van der Waals surface area contributed by atoms with Gasteiger partial charge in [-0.25, -0.2) is 0 Å². The van der Waals surface area contributed by atoms with Crippen molar-refractivity contribution in [2.24, 2.45) is 5.92 Å². The molecule has 4 aromatic carbocycles. The molecule has 47 heavy (non-hydrogen) atoms. The minimum Gasteiger partial charge on any atom is -0.497 e. The number of anilines is 3. The van der Waals surface area contributed by atoms with Crippen molar-refractivity contribution in [2.75, 3.05) is 23.5 Å². The molecule has 3 aliphatic rings. The lowest BCUT2D eigenvalue weighted by Gasteiger charge is -2.37. The molecule has 0 saturated carbocycles. The summed E-state index contributed by atoms with van der Waals surface area (Å²) in [6.07, 6.45) is 1.24. The van der Waals surface area contributed by atoms with E-state index in [4.69, 9.17) is 9.47 Å². The maximum absolute atomic E-state index is 15.1. The second-order valence-corrected chi connectivity index (χ2v) is 18.3. The van der Waals surface area contributed by atoms with Gasteiger partial charge in [0.2, 0.25) is 5.91 Å². The van der Waals surface area contributed by atoms with Crippen LogP contribution in [-0.2, 0) is 32.9 Å². The Morgan fingerprint density at radius 1 is 0.915 bits per heavy atom. The standard InChI is InChI=1S/C39H42N2O5Si/c1-26-37(47(3,4)31-18-16-30(45-2)17-19-31)35(22-23-42)46-39(26)32-24-29(41-33-13-9-8-12-28(33)14-21-36(41)43)15-20-34(32)40(38(39)44)25-27-10-6-5-7-11-27/h5-13,15-20,24,26,35,37,42H,14,21-23,25H2,1-4H3/t26-,35+,37-,39+/m1/s1. The second-order valence-electron chi connectivity index (χ2n) is 13.6. The molecule has 0 aliphatic carbocycles. The number of carbonyl (C=O) groups excluding carboxylic acids is 2. The molecule has 0 aromatic heterocycles. The number of rotatable bonds is 8. The van der Waals surface area contributed by atoms with Gasteiger partial charge in [0.25, 0.3) is 5.91 Å². The lowest BCUT2D eigenvalue weighted by molar-refractivity contribution is -0.146. The number of ether oxygens (including phenoxy) is 2. The summed E-state index contributed by atoms with van der Waals surface area (Å²) >= 11 is 0. The van der Waals surface area contributed by atoms with Gasteiger partial charge in [-0.05, 0) is 65.9 Å². The highest BCUT2D eigenvalue weighted by atomic mass is 28.3. The van der Waals surface area contributed by atoms with Gasteiger partial charge in [0, 0.05) is 30.2 Å². The molecule has 1 spiro atoms. The number of aliphatic hydroxyl groups excluding tert-OH is 1. The van der Waals surface area contributed by atoms with Crippen LogP contribution in [0, 0.1) is 5.92 Å². The van der Waals surface area contributed by atoms with Crippen molar-refractivity contribution in [3.05, 3.63) is 114 Å². The van der Waals surface area contributed by atoms with Crippen molar-refractivity contribution in [3.8, 4) is 5.75 Å². The maximum Gasteiger partial charge on any atom is 0.264 e. The highest BCUT2D eigenvalue weighted by Crippen LogP contribution is 2.60. The molecule has 7 rings (SSSR count). The molecule has 0 unspecified atom stereocenters. The van der Waals surface area contributed by atoms with Crippen molar-refractivity contribution in [1.82, 2.24) is 0 Å². The zero-order valence-electron chi connectivity index (χ0n) is 27.5. The molecule has 2 amide bonds. The lowest BCUT2D eigenvalue weighted by atomic mass is 9.82. The number of fused-ring (bicyclic) bond motifs is 3. The van der Waals surface area contributed by atoms with Crippen molar-refractivity contribution >= 4 is 42.1 Å². The van der Waals surface area contributed by atoms with Gasteiger partial charge in [-0.2, -0.15) is 0 Å². The molecule has 1 saturated heterocycles. The van der Waals surface area contributed by atoms with Crippen molar-refractivity contribution in [1.29, 1.82) is 0 Å². The molecule has 7 nitrogen and oxygen atoms in total. The molecule has 3 aliphatic heterocycles. The van der Waals surface area contributed by atoms with Crippen LogP contribution in [0.3, 0.4) is 0 Å². The first kappa shape index (κ1) is 31.4. The Labute approximate surface area is 277 Å². The number of aryl methyl sites for hydroxylation is 1. The first-order chi connectivity index (χ1) is 22.7. The number of para-hydroxylation sites is 1. The molecule has 4 atom stereocenters. The Bertz CT molecular complexity index is 1810. The first-order valence-electron chi connectivity index (χ1n) is 16.5. The summed E-state index contributed by atoms with van der Waals surface area (Å²) < 4.78 is 12.6. The van der Waals surface area contributed by atoms with Crippen molar-refractivity contribution in [2.45, 2.75) is 63.1 Å². The first-order valence-corrected chi connectivity index (χ1v) is 19.6. The number of nitrogens with zero attached hydrogens (tertiary/aromatic N) is 2. The van der Waals surface area contributed by atoms with Crippen LogP contribution in [0.25, 0.3) is 0 Å². The summed E-state index contributed by atoms with van der Waals surface area (Å²) in [7, 11) is -0.650. The molecule has 4 aromatic rings. The molecule has 3 heterocycles. The monoisotopic (exact) mass is 646 g/mol. The smallest absolute Gasteiger partial charge is 0.264 e. The summed E-state index contributed by atoms with van der Waals surface area (Å²) in [6, 6.07) is 32.3. The Balaban J connectivity index is 1.38. The Morgan fingerprint density at radius 2 is 1.64 bits per heavy atom. The molecule has 8 heteroatoms. The van der Waals surface area contributed by atoms with E-state index in [1.54, 1.807) is 12.0 Å². The number of aliphatic hydroxyl groups is 1. The zero-order chi connectivity index (χ0) is 32.9. The zero-order valence-corrected chi connectivity index (χ0v) is 28.5. The van der Waals surface area contributed by atoms with E-state index < -0.39 is 13.7 Å². The average Bonchev–Trinajstić information content (AvgIpc) is 3.51. The number of hydrogen-bond acceptors (Lipinski definition) is 5. The van der Waals surface area contributed by atoms with Gasteiger partial charge in [-0.15, -0.1) is 0 Å². The van der Waals surface area contributed by atoms with E-state index in [0.29, 0.717) is 25.8 Å². The van der Waals surface area contributed by atoms with Crippen LogP contribution < -0.4 is 19.7 Å². The highest BCUT2D eigenvalue weighted by molar-refractivity contribution is 6.91. The quantitative estimate of drug-likeness (QED) is 0.223. The van der Waals surface area contributed by atoms with Crippen molar-refractivity contribution < 1.29 is 24.2 Å². The van der Waals surface area contributed by atoms with Gasteiger partial charge in [0.05, 0.1) is 39.2 Å². The van der Waals surface area contributed by atoms with Crippen LogP contribution in [0.2, 0.25) is 18.6 Å². The highest BCUT2D eigenvalue weighted by Gasteiger charge is 2.66. The van der Waals surface area contributed by atoms with Crippen LogP contribution in [0.15, 0.2) is 97.1 Å². The third-order valence-corrected chi connectivity index (χ3v) is 15.1. The fraction of sp³-hybridized carbons (Fsp3) is 0.333. The summed E-state index contributed by atoms with van der Waals surface area (Å²) in [4.78, 5) is 32.2. The van der Waals surface area contributed by atoms with Gasteiger partial charge in [-0.1, -0.05) is 85.9 Å². The maximum atomic E-state index is 15.1. The topological polar surface area (TPSA) is 79.3 Å². The van der Waals surface area contributed by atoms with Gasteiger partial charge in [-0.3, -0.25) is 14.5 Å². The predicted octanol–water partition coefficient (Wildman–Crippen LogP) is 6.45. The van der Waals surface area contributed by atoms with Gasteiger partial charge in [0.1, 0.15) is 5.75 Å². The van der Waals surface area contributed by atoms with Crippen LogP contribution in [0.5, 0.6) is 5.75 Å². The van der Waals surface area contributed by atoms with Gasteiger partial charge < -0.3 is 19.5 Å². The van der Waals surface area contributed by atoms with E-state index in [1.807, 2.05) is 83.8 Å². The average molecular weight is 647 g/mol. The molecule has 1 fully saturated rings. The fourth-order valence-electron chi connectivity index (χ4n) is 8.47. The van der Waals surface area contributed by atoms with Crippen LogP contribution >= 0.6 is 0 Å². The molecule has 1 N–H and O–H groups in total. The summed E-state index contributed by atoms with van der Waals surface area (Å²) in [6.45, 7) is 7.20. The number of methoxy groups -OCH3 is 1. The fourth-order valence-corrected chi connectivity index (χ4v) is 12.5. The second kappa shape index (κ2) is 12.1. The third kappa shape index (κ3) is 5.01. The van der Waals surface area contributed by atoms with E-state index in [2.05, 4.69) is 38.2 Å². The SMILES string of the molecule is COc1ccc([Si](C)(C)[C@H]2[C@H](CCO)O[C@@]3(C(=O)N(Cc4ccccc4)c4ccc(N5C(=O)CCc6ccccc65)cc43)[C@@H]2C)cc1. The van der Waals surface area contributed by atoms with E-state index in [0.717, 1.165) is 39.5 Å². The third-order valence-electron chi connectivity index (χ3n) is 10.8. The molecular formula is C39H42N2O5Si. The Kier molecular flexibility index (Phi) is 8.06. The number of amides is 2. The molecule has 242 valence electrons. The lowest BCUT2D eigenvalue weighted by Crippen LogP contribution is -2.51. The summed E-state index contributed by atoms with van der Waals surface area (Å²) in [5, 5.41) is 11.5. The van der Waals surface area contributed by atoms with Crippen LogP contribution in [0.1, 0.15) is 36.5 Å². The van der Waals surface area contributed by atoms with E-state index in [-0.39, 0.29) is 36.0 Å². The molecule has 0 bridgehead atoms. The van der Waals surface area contributed by atoms with Gasteiger partial charge in [0.15, 0.2) is 5.60 Å². The number of benzene rings is 4. The summed E-state index contributed by atoms with van der Waals surface area (Å²) in [5.74, 6) is 0.550. The van der Waals surface area contributed by atoms with Crippen LogP contribution in [-0.4, -0.2) is 44.8 Å².